The second-order valence-electron chi connectivity index (χ2n) is 1.91. The first kappa shape index (κ1) is 10.7. The van der Waals surface area contributed by atoms with Crippen molar-refractivity contribution in [1.29, 1.82) is 0 Å². The van der Waals surface area contributed by atoms with E-state index in [0.717, 1.165) is 5.69 Å². The fourth-order valence-corrected chi connectivity index (χ4v) is 0.682. The molecule has 1 amide bonds. The molecule has 0 unspecified atom stereocenters. The van der Waals surface area contributed by atoms with Gasteiger partial charge in [0, 0.05) is 5.69 Å². The molecule has 1 rings (SSSR count). The van der Waals surface area contributed by atoms with Crippen LogP contribution in [0.2, 0.25) is 0 Å². The van der Waals surface area contributed by atoms with Gasteiger partial charge in [0.2, 0.25) is 0 Å². The summed E-state index contributed by atoms with van der Waals surface area (Å²) in [6.45, 7) is 3.18. The van der Waals surface area contributed by atoms with Gasteiger partial charge in [-0.25, -0.2) is 0 Å². The fraction of sp³-hybridized carbons (Fsp3) is 0. The number of para-hydroxylation sites is 1. The summed E-state index contributed by atoms with van der Waals surface area (Å²) in [6.07, 6.45) is 0. The van der Waals surface area contributed by atoms with Crippen molar-refractivity contribution in [2.75, 3.05) is 5.32 Å². The third kappa shape index (κ3) is 4.17. The van der Waals surface area contributed by atoms with Gasteiger partial charge in [-0.1, -0.05) is 18.2 Å². The molecule has 2 nitrogen and oxygen atoms in total. The van der Waals surface area contributed by atoms with Crippen molar-refractivity contribution in [1.82, 2.24) is 0 Å². The van der Waals surface area contributed by atoms with E-state index in [4.69, 9.17) is 0 Å². The molecule has 0 aliphatic rings. The molecule has 0 aliphatic carbocycles. The molecular weight excluding hydrogens is 215 g/mol. The molecule has 1 aromatic rings. The molecule has 11 heavy (non-hydrogen) atoms. The Kier molecular flexibility index (Phi) is 5.17. The van der Waals surface area contributed by atoms with Crippen LogP contribution in [0.3, 0.4) is 0 Å². The molecule has 0 heterocycles. The Hall–Kier alpha value is -0.336. The van der Waals surface area contributed by atoms with Crippen molar-refractivity contribution in [2.45, 2.75) is 0 Å². The molecule has 0 atom stereocenters. The number of anilines is 1. The van der Waals surface area contributed by atoms with E-state index in [-0.39, 0.29) is 38.6 Å². The van der Waals surface area contributed by atoms with Crippen molar-refractivity contribution in [3.05, 3.63) is 37.3 Å². The second kappa shape index (κ2) is 5.33. The Bertz CT molecular complexity index is 223. The summed E-state index contributed by atoms with van der Waals surface area (Å²) in [5, 5.41) is 2.55. The molecular formula is C8H8NOY+2. The van der Waals surface area contributed by atoms with Crippen LogP contribution in [0.15, 0.2) is 30.3 Å². The molecule has 0 saturated heterocycles. The maximum atomic E-state index is 10.4. The first-order valence-electron chi connectivity index (χ1n) is 2.97. The number of rotatable bonds is 1. The standard InChI is InChI=1S/C8H8NO.Y/c1-7(10)9-8-5-3-2-4-6-8;/h2-6H,1H2,(H,9,10);/q-1;+3. The normalized spacial score (nSPS) is 8.00. The van der Waals surface area contributed by atoms with Gasteiger partial charge in [0.15, 0.2) is 0 Å². The van der Waals surface area contributed by atoms with Gasteiger partial charge in [-0.05, 0) is 12.1 Å². The van der Waals surface area contributed by atoms with Crippen molar-refractivity contribution < 1.29 is 37.5 Å². The van der Waals surface area contributed by atoms with E-state index in [0.29, 0.717) is 0 Å². The summed E-state index contributed by atoms with van der Waals surface area (Å²) in [4.78, 5) is 10.4. The smallest absolute Gasteiger partial charge is 0.351 e. The number of amides is 1. The molecule has 0 aromatic heterocycles. The van der Waals surface area contributed by atoms with Crippen molar-refractivity contribution >= 4 is 11.6 Å². The Morgan fingerprint density at radius 2 is 1.82 bits per heavy atom. The minimum atomic E-state index is -0.286. The molecule has 1 aromatic carbocycles. The summed E-state index contributed by atoms with van der Waals surface area (Å²) in [5.41, 5.74) is 0.780. The average molecular weight is 223 g/mol. The molecule has 0 saturated carbocycles. The monoisotopic (exact) mass is 223 g/mol. The van der Waals surface area contributed by atoms with Crippen LogP contribution in [0, 0.1) is 6.92 Å². The third-order valence-corrected chi connectivity index (χ3v) is 1.06. The predicted octanol–water partition coefficient (Wildman–Crippen LogP) is 1.46. The van der Waals surface area contributed by atoms with Crippen LogP contribution in [0.1, 0.15) is 0 Å². The topological polar surface area (TPSA) is 29.1 Å². The SMILES string of the molecule is [CH2-]C(=O)Nc1ccccc1.[Y+3]. The summed E-state index contributed by atoms with van der Waals surface area (Å²) in [6, 6.07) is 9.21. The van der Waals surface area contributed by atoms with E-state index in [1.54, 1.807) is 0 Å². The van der Waals surface area contributed by atoms with Crippen molar-refractivity contribution in [2.24, 2.45) is 0 Å². The zero-order chi connectivity index (χ0) is 7.40. The van der Waals surface area contributed by atoms with Gasteiger partial charge in [0.1, 0.15) is 0 Å². The number of benzene rings is 1. The van der Waals surface area contributed by atoms with Gasteiger partial charge < -0.3 is 17.0 Å². The molecule has 0 radical (unpaired) electrons. The van der Waals surface area contributed by atoms with Crippen LogP contribution in [0.5, 0.6) is 0 Å². The summed E-state index contributed by atoms with van der Waals surface area (Å²) < 4.78 is 0. The Morgan fingerprint density at radius 1 is 1.27 bits per heavy atom. The number of nitrogens with one attached hydrogen (secondary N) is 1. The Balaban J connectivity index is 0.000001000. The molecule has 0 fully saturated rings. The molecule has 52 valence electrons. The Morgan fingerprint density at radius 3 is 2.27 bits per heavy atom. The van der Waals surface area contributed by atoms with Gasteiger partial charge >= 0.3 is 32.7 Å². The molecule has 0 aliphatic heterocycles. The van der Waals surface area contributed by atoms with Gasteiger partial charge in [-0.15, -0.1) is 0 Å². The summed E-state index contributed by atoms with van der Waals surface area (Å²) in [5.74, 6) is -0.286. The first-order valence-corrected chi connectivity index (χ1v) is 2.97. The number of hydrogen-bond donors (Lipinski definition) is 1. The minimum absolute atomic E-state index is 0. The third-order valence-electron chi connectivity index (χ3n) is 1.06. The first-order chi connectivity index (χ1) is 4.79. The number of hydrogen-bond acceptors (Lipinski definition) is 1. The van der Waals surface area contributed by atoms with Crippen LogP contribution in [0.25, 0.3) is 0 Å². The zero-order valence-corrected chi connectivity index (χ0v) is 8.92. The maximum absolute atomic E-state index is 10.4. The van der Waals surface area contributed by atoms with Crippen LogP contribution in [-0.2, 0) is 37.5 Å². The predicted molar refractivity (Wildman–Crippen MR) is 40.4 cm³/mol. The summed E-state index contributed by atoms with van der Waals surface area (Å²) >= 11 is 0. The fourth-order valence-electron chi connectivity index (χ4n) is 0.682. The molecule has 0 spiro atoms. The van der Waals surface area contributed by atoms with E-state index < -0.39 is 0 Å². The van der Waals surface area contributed by atoms with Gasteiger partial charge in [0.25, 0.3) is 0 Å². The van der Waals surface area contributed by atoms with Crippen LogP contribution in [-0.4, -0.2) is 5.91 Å². The van der Waals surface area contributed by atoms with Gasteiger partial charge in [0.05, 0.1) is 5.91 Å². The maximum Gasteiger partial charge on any atom is 3.00 e. The molecule has 0 bridgehead atoms. The largest absolute Gasteiger partial charge is 3.00 e. The Labute approximate surface area is 91.3 Å². The van der Waals surface area contributed by atoms with E-state index in [1.165, 1.54) is 0 Å². The minimum Gasteiger partial charge on any atom is -0.351 e. The quantitative estimate of drug-likeness (QED) is 0.717. The number of carbonyl (C=O) groups is 1. The van der Waals surface area contributed by atoms with Gasteiger partial charge in [-0.3, -0.25) is 0 Å². The second-order valence-corrected chi connectivity index (χ2v) is 1.91. The van der Waals surface area contributed by atoms with E-state index in [9.17, 15) is 4.79 Å². The molecule has 3 heteroatoms. The zero-order valence-electron chi connectivity index (χ0n) is 6.08. The van der Waals surface area contributed by atoms with Crippen LogP contribution < -0.4 is 5.32 Å². The van der Waals surface area contributed by atoms with E-state index >= 15 is 0 Å². The van der Waals surface area contributed by atoms with Crippen molar-refractivity contribution in [3.8, 4) is 0 Å². The van der Waals surface area contributed by atoms with Crippen LogP contribution in [0.4, 0.5) is 5.69 Å². The van der Waals surface area contributed by atoms with E-state index in [1.807, 2.05) is 30.3 Å². The summed E-state index contributed by atoms with van der Waals surface area (Å²) in [7, 11) is 0. The van der Waals surface area contributed by atoms with Crippen LogP contribution >= 0.6 is 0 Å². The average Bonchev–Trinajstić information content (AvgIpc) is 1.88. The van der Waals surface area contributed by atoms with Gasteiger partial charge in [-0.2, -0.15) is 0 Å². The van der Waals surface area contributed by atoms with E-state index in [2.05, 4.69) is 12.2 Å². The van der Waals surface area contributed by atoms with Crippen molar-refractivity contribution in [3.63, 3.8) is 0 Å². The number of carbonyl (C=O) groups excluding carboxylic acids is 1. The molecule has 1 N–H and O–H groups in total.